The zero-order chi connectivity index (χ0) is 12.4. The lowest BCUT2D eigenvalue weighted by atomic mass is 9.87. The van der Waals surface area contributed by atoms with Crippen LogP contribution < -0.4 is 5.32 Å². The molecule has 3 atom stereocenters. The van der Waals surface area contributed by atoms with Crippen LogP contribution in [0.25, 0.3) is 0 Å². The third kappa shape index (κ3) is 2.47. The average Bonchev–Trinajstić information content (AvgIpc) is 2.82. The van der Waals surface area contributed by atoms with Crippen molar-refractivity contribution in [2.45, 2.75) is 51.5 Å². The van der Waals surface area contributed by atoms with Gasteiger partial charge in [0, 0.05) is 6.04 Å². The van der Waals surface area contributed by atoms with E-state index >= 15 is 0 Å². The van der Waals surface area contributed by atoms with E-state index in [1.807, 2.05) is 0 Å². The summed E-state index contributed by atoms with van der Waals surface area (Å²) in [7, 11) is 0. The monoisotopic (exact) mass is 243 g/mol. The molecule has 0 aliphatic heterocycles. The number of benzene rings is 1. The van der Waals surface area contributed by atoms with Crippen LogP contribution in [0.4, 0.5) is 0 Å². The smallest absolute Gasteiger partial charge is 0.0323 e. The van der Waals surface area contributed by atoms with Crippen molar-refractivity contribution >= 4 is 0 Å². The quantitative estimate of drug-likeness (QED) is 0.843. The lowest BCUT2D eigenvalue weighted by Gasteiger charge is -2.28. The van der Waals surface area contributed by atoms with Crippen LogP contribution in [-0.4, -0.2) is 6.54 Å². The first-order valence-electron chi connectivity index (χ1n) is 7.66. The molecule has 0 spiro atoms. The third-order valence-electron chi connectivity index (χ3n) is 5.03. The molecule has 0 amide bonds. The van der Waals surface area contributed by atoms with Gasteiger partial charge in [-0.05, 0) is 55.2 Å². The summed E-state index contributed by atoms with van der Waals surface area (Å²) in [5, 5.41) is 3.85. The van der Waals surface area contributed by atoms with Gasteiger partial charge in [-0.3, -0.25) is 0 Å². The van der Waals surface area contributed by atoms with Crippen molar-refractivity contribution in [3.8, 4) is 0 Å². The lowest BCUT2D eigenvalue weighted by molar-refractivity contribution is 0.353. The Morgan fingerprint density at radius 3 is 2.83 bits per heavy atom. The van der Waals surface area contributed by atoms with Crippen LogP contribution in [-0.2, 0) is 6.42 Å². The van der Waals surface area contributed by atoms with Gasteiger partial charge in [-0.25, -0.2) is 0 Å². The maximum atomic E-state index is 3.85. The molecule has 2 aliphatic rings. The first-order valence-corrected chi connectivity index (χ1v) is 7.66. The van der Waals surface area contributed by atoms with Crippen molar-refractivity contribution in [1.82, 2.24) is 5.32 Å². The maximum Gasteiger partial charge on any atom is 0.0323 e. The molecule has 0 bridgehead atoms. The first kappa shape index (κ1) is 12.2. The van der Waals surface area contributed by atoms with Crippen LogP contribution in [0.5, 0.6) is 0 Å². The largest absolute Gasteiger partial charge is 0.310 e. The molecule has 18 heavy (non-hydrogen) atoms. The Bertz CT molecular complexity index is 398. The molecule has 1 saturated carbocycles. The van der Waals surface area contributed by atoms with Gasteiger partial charge in [0.25, 0.3) is 0 Å². The van der Waals surface area contributed by atoms with E-state index in [-0.39, 0.29) is 0 Å². The number of aryl methyl sites for hydroxylation is 1. The first-order chi connectivity index (χ1) is 8.84. The molecule has 0 aromatic heterocycles. The highest BCUT2D eigenvalue weighted by molar-refractivity contribution is 5.32. The van der Waals surface area contributed by atoms with Crippen molar-refractivity contribution < 1.29 is 0 Å². The van der Waals surface area contributed by atoms with E-state index in [0.29, 0.717) is 6.04 Å². The van der Waals surface area contributed by atoms with Gasteiger partial charge in [-0.1, -0.05) is 44.0 Å². The summed E-state index contributed by atoms with van der Waals surface area (Å²) >= 11 is 0. The minimum Gasteiger partial charge on any atom is -0.310 e. The number of hydrogen-bond donors (Lipinski definition) is 1. The van der Waals surface area contributed by atoms with Crippen molar-refractivity contribution in [2.75, 3.05) is 6.54 Å². The minimum absolute atomic E-state index is 0.614. The normalized spacial score (nSPS) is 31.3. The Morgan fingerprint density at radius 2 is 2.00 bits per heavy atom. The zero-order valence-corrected chi connectivity index (χ0v) is 11.5. The fourth-order valence-electron chi connectivity index (χ4n) is 3.79. The van der Waals surface area contributed by atoms with E-state index in [1.54, 1.807) is 11.1 Å². The van der Waals surface area contributed by atoms with Gasteiger partial charge in [0.2, 0.25) is 0 Å². The van der Waals surface area contributed by atoms with Gasteiger partial charge in [-0.2, -0.15) is 0 Å². The number of hydrogen-bond acceptors (Lipinski definition) is 1. The predicted molar refractivity (Wildman–Crippen MR) is 76.6 cm³/mol. The lowest BCUT2D eigenvalue weighted by Crippen LogP contribution is -2.30. The number of nitrogens with one attached hydrogen (secondary N) is 1. The van der Waals surface area contributed by atoms with Crippen molar-refractivity contribution in [1.29, 1.82) is 0 Å². The number of fused-ring (bicyclic) bond motifs is 1. The van der Waals surface area contributed by atoms with Gasteiger partial charge in [0.15, 0.2) is 0 Å². The molecular weight excluding hydrogens is 218 g/mol. The highest BCUT2D eigenvalue weighted by atomic mass is 14.9. The van der Waals surface area contributed by atoms with Crippen LogP contribution in [0.2, 0.25) is 0 Å². The molecule has 2 aliphatic carbocycles. The van der Waals surface area contributed by atoms with Crippen LogP contribution in [0.15, 0.2) is 24.3 Å². The van der Waals surface area contributed by atoms with Gasteiger partial charge >= 0.3 is 0 Å². The van der Waals surface area contributed by atoms with Crippen LogP contribution in [0.1, 0.15) is 56.2 Å². The minimum atomic E-state index is 0.614. The molecule has 1 fully saturated rings. The van der Waals surface area contributed by atoms with E-state index < -0.39 is 0 Å². The number of rotatable bonds is 3. The molecule has 0 radical (unpaired) electrons. The van der Waals surface area contributed by atoms with E-state index in [4.69, 9.17) is 0 Å². The molecule has 0 saturated heterocycles. The second kappa shape index (κ2) is 5.44. The molecule has 1 N–H and O–H groups in total. The highest BCUT2D eigenvalue weighted by Gasteiger charge is 2.25. The van der Waals surface area contributed by atoms with Gasteiger partial charge in [-0.15, -0.1) is 0 Å². The molecule has 1 nitrogen and oxygen atoms in total. The summed E-state index contributed by atoms with van der Waals surface area (Å²) in [5.74, 6) is 1.84. The van der Waals surface area contributed by atoms with E-state index in [1.165, 1.54) is 45.1 Å². The van der Waals surface area contributed by atoms with Crippen LogP contribution >= 0.6 is 0 Å². The standard InChI is InChI=1S/C17H25N/c1-13-6-4-9-15(13)12-18-17-11-5-8-14-7-2-3-10-16(14)17/h2-3,7,10,13,15,17-18H,4-6,8-9,11-12H2,1H3. The molecule has 98 valence electrons. The Morgan fingerprint density at radius 1 is 1.11 bits per heavy atom. The molecule has 1 aromatic carbocycles. The van der Waals surface area contributed by atoms with Gasteiger partial charge in [0.05, 0.1) is 0 Å². The van der Waals surface area contributed by atoms with E-state index in [9.17, 15) is 0 Å². The molecule has 1 aromatic rings. The van der Waals surface area contributed by atoms with Crippen molar-refractivity contribution in [3.63, 3.8) is 0 Å². The molecule has 0 heterocycles. The second-order valence-corrected chi connectivity index (χ2v) is 6.22. The second-order valence-electron chi connectivity index (χ2n) is 6.22. The van der Waals surface area contributed by atoms with Crippen LogP contribution in [0.3, 0.4) is 0 Å². The van der Waals surface area contributed by atoms with Gasteiger partial charge < -0.3 is 5.32 Å². The van der Waals surface area contributed by atoms with Crippen molar-refractivity contribution in [2.24, 2.45) is 11.8 Å². The highest BCUT2D eigenvalue weighted by Crippen LogP contribution is 2.33. The Kier molecular flexibility index (Phi) is 3.69. The summed E-state index contributed by atoms with van der Waals surface area (Å²) < 4.78 is 0. The molecule has 3 unspecified atom stereocenters. The Hall–Kier alpha value is -0.820. The summed E-state index contributed by atoms with van der Waals surface area (Å²) in [6, 6.07) is 9.62. The van der Waals surface area contributed by atoms with Gasteiger partial charge in [0.1, 0.15) is 0 Å². The Balaban J connectivity index is 1.64. The van der Waals surface area contributed by atoms with Crippen LogP contribution in [0, 0.1) is 11.8 Å². The Labute approximate surface area is 111 Å². The maximum absolute atomic E-state index is 3.85. The zero-order valence-electron chi connectivity index (χ0n) is 11.5. The van der Waals surface area contributed by atoms with E-state index in [2.05, 4.69) is 36.5 Å². The molecule has 1 heteroatoms. The summed E-state index contributed by atoms with van der Waals surface area (Å²) in [6.07, 6.45) is 8.24. The summed E-state index contributed by atoms with van der Waals surface area (Å²) in [5.41, 5.74) is 3.13. The fourth-order valence-corrected chi connectivity index (χ4v) is 3.79. The topological polar surface area (TPSA) is 12.0 Å². The third-order valence-corrected chi connectivity index (χ3v) is 5.03. The fraction of sp³-hybridized carbons (Fsp3) is 0.647. The predicted octanol–water partition coefficient (Wildman–Crippen LogP) is 4.09. The summed E-state index contributed by atoms with van der Waals surface area (Å²) in [6.45, 7) is 3.65. The molecule has 3 rings (SSSR count). The average molecular weight is 243 g/mol. The van der Waals surface area contributed by atoms with Crippen molar-refractivity contribution in [3.05, 3.63) is 35.4 Å². The SMILES string of the molecule is CC1CCCC1CNC1CCCc2ccccc21. The molecular formula is C17H25N. The summed E-state index contributed by atoms with van der Waals surface area (Å²) in [4.78, 5) is 0. The van der Waals surface area contributed by atoms with E-state index in [0.717, 1.165) is 11.8 Å².